The normalized spacial score (nSPS) is 56.8. The number of hydrogen-bond donors (Lipinski definition) is 0. The second-order valence-corrected chi connectivity index (χ2v) is 5.89. The van der Waals surface area contributed by atoms with Crippen molar-refractivity contribution < 1.29 is 19.0 Å². The van der Waals surface area contributed by atoms with Crippen LogP contribution < -0.4 is 0 Å². The highest BCUT2D eigenvalue weighted by molar-refractivity contribution is 5.83. The first-order valence-electron chi connectivity index (χ1n) is 6.71. The second kappa shape index (κ2) is 3.53. The van der Waals surface area contributed by atoms with Crippen LogP contribution in [0.2, 0.25) is 0 Å². The van der Waals surface area contributed by atoms with E-state index >= 15 is 0 Å². The van der Waals surface area contributed by atoms with Gasteiger partial charge in [0.25, 0.3) is 0 Å². The molecule has 2 saturated heterocycles. The Hall–Kier alpha value is -0.450. The molecule has 7 atom stereocenters. The van der Waals surface area contributed by atoms with Gasteiger partial charge in [0.15, 0.2) is 12.1 Å². The third-order valence-corrected chi connectivity index (χ3v) is 4.89. The summed E-state index contributed by atoms with van der Waals surface area (Å²) in [6, 6.07) is 0. The van der Waals surface area contributed by atoms with Gasteiger partial charge >= 0.3 is 0 Å². The molecule has 17 heavy (non-hydrogen) atoms. The Labute approximate surface area is 101 Å². The maximum atomic E-state index is 11.6. The van der Waals surface area contributed by atoms with E-state index in [1.54, 1.807) is 6.92 Å². The molecule has 2 saturated carbocycles. The first-order valence-corrected chi connectivity index (χ1v) is 6.71. The van der Waals surface area contributed by atoms with Crippen molar-refractivity contribution in [2.45, 2.75) is 63.3 Å². The minimum atomic E-state index is -0.338. The topological polar surface area (TPSA) is 44.8 Å². The van der Waals surface area contributed by atoms with Gasteiger partial charge in [0.05, 0.1) is 12.2 Å². The fourth-order valence-electron chi connectivity index (χ4n) is 3.98. The lowest BCUT2D eigenvalue weighted by atomic mass is 9.92. The summed E-state index contributed by atoms with van der Waals surface area (Å²) in [5, 5.41) is 0. The zero-order valence-corrected chi connectivity index (χ0v) is 10.0. The molecule has 2 bridgehead atoms. The lowest BCUT2D eigenvalue weighted by Crippen LogP contribution is -2.57. The summed E-state index contributed by atoms with van der Waals surface area (Å²) in [7, 11) is 0. The van der Waals surface area contributed by atoms with Gasteiger partial charge in [-0.2, -0.15) is 0 Å². The molecule has 0 amide bonds. The number of Topliss-reactive ketones (excluding diaryl/α,β-unsaturated/α-hetero) is 1. The Morgan fingerprint density at radius 3 is 2.53 bits per heavy atom. The van der Waals surface area contributed by atoms with E-state index in [1.807, 2.05) is 0 Å². The molecule has 4 heteroatoms. The maximum Gasteiger partial charge on any atom is 0.185 e. The summed E-state index contributed by atoms with van der Waals surface area (Å²) >= 11 is 0. The van der Waals surface area contributed by atoms with Crippen LogP contribution in [-0.2, 0) is 19.0 Å². The van der Waals surface area contributed by atoms with Gasteiger partial charge in [-0.25, -0.2) is 0 Å². The average molecular weight is 238 g/mol. The van der Waals surface area contributed by atoms with E-state index in [2.05, 4.69) is 0 Å². The Morgan fingerprint density at radius 2 is 1.76 bits per heavy atom. The van der Waals surface area contributed by atoms with Crippen LogP contribution in [0.1, 0.15) is 32.6 Å². The molecule has 0 radical (unpaired) electrons. The molecule has 0 aromatic carbocycles. The standard InChI is InChI=1S/C13H18O4/c1-6-9(14)5-10-13(15-6)17-12-8-3-2-7(4-8)11(12)16-10/h6-8,10-13H,2-5H2,1H3/t6-,7-,8+,10-,11+,12-,13-/m0/s1. The largest absolute Gasteiger partial charge is 0.366 e. The van der Waals surface area contributed by atoms with Crippen LogP contribution in [-0.4, -0.2) is 36.5 Å². The molecule has 0 spiro atoms. The molecule has 4 aliphatic rings. The Morgan fingerprint density at radius 1 is 1.06 bits per heavy atom. The van der Waals surface area contributed by atoms with Crippen molar-refractivity contribution in [1.29, 1.82) is 0 Å². The second-order valence-electron chi connectivity index (χ2n) is 5.89. The molecular formula is C13H18O4. The lowest BCUT2D eigenvalue weighted by molar-refractivity contribution is -0.323. The Kier molecular flexibility index (Phi) is 2.17. The molecule has 94 valence electrons. The molecule has 2 heterocycles. The van der Waals surface area contributed by atoms with Crippen LogP contribution in [0.5, 0.6) is 0 Å². The highest BCUT2D eigenvalue weighted by Gasteiger charge is 2.55. The van der Waals surface area contributed by atoms with Crippen molar-refractivity contribution in [2.75, 3.05) is 0 Å². The van der Waals surface area contributed by atoms with Gasteiger partial charge in [-0.05, 0) is 38.0 Å². The number of carbonyl (C=O) groups excluding carboxylic acids is 1. The van der Waals surface area contributed by atoms with Crippen molar-refractivity contribution in [3.05, 3.63) is 0 Å². The number of ether oxygens (including phenoxy) is 3. The molecule has 4 fully saturated rings. The summed E-state index contributed by atoms with van der Waals surface area (Å²) in [6.07, 6.45) is 3.83. The van der Waals surface area contributed by atoms with Crippen molar-refractivity contribution in [3.63, 3.8) is 0 Å². The monoisotopic (exact) mass is 238 g/mol. The van der Waals surface area contributed by atoms with Gasteiger partial charge in [0.1, 0.15) is 12.2 Å². The molecule has 2 aliphatic heterocycles. The summed E-state index contributed by atoms with van der Waals surface area (Å²) in [5.41, 5.74) is 0. The minimum Gasteiger partial charge on any atom is -0.366 e. The molecule has 0 aromatic rings. The summed E-state index contributed by atoms with van der Waals surface area (Å²) < 4.78 is 17.8. The molecule has 0 N–H and O–H groups in total. The number of fused-ring (bicyclic) bond motifs is 6. The van der Waals surface area contributed by atoms with Gasteiger partial charge in [-0.15, -0.1) is 0 Å². The highest BCUT2D eigenvalue weighted by Crippen LogP contribution is 2.50. The van der Waals surface area contributed by atoms with E-state index < -0.39 is 0 Å². The number of carbonyl (C=O) groups is 1. The van der Waals surface area contributed by atoms with Crippen LogP contribution in [0, 0.1) is 11.8 Å². The van der Waals surface area contributed by atoms with Crippen LogP contribution >= 0.6 is 0 Å². The molecule has 4 rings (SSSR count). The summed E-state index contributed by atoms with van der Waals surface area (Å²) in [5.74, 6) is 1.44. The van der Waals surface area contributed by atoms with Crippen LogP contribution in [0.15, 0.2) is 0 Å². The van der Waals surface area contributed by atoms with Crippen molar-refractivity contribution >= 4 is 5.78 Å². The van der Waals surface area contributed by atoms with Crippen LogP contribution in [0.4, 0.5) is 0 Å². The van der Waals surface area contributed by atoms with Crippen LogP contribution in [0.3, 0.4) is 0 Å². The van der Waals surface area contributed by atoms with Gasteiger partial charge in [0, 0.05) is 6.42 Å². The Bertz CT molecular complexity index is 355. The summed E-state index contributed by atoms with van der Waals surface area (Å²) in [4.78, 5) is 11.6. The van der Waals surface area contributed by atoms with Crippen molar-refractivity contribution in [3.8, 4) is 0 Å². The molecule has 4 nitrogen and oxygen atoms in total. The maximum absolute atomic E-state index is 11.6. The first-order chi connectivity index (χ1) is 8.22. The fourth-order valence-corrected chi connectivity index (χ4v) is 3.98. The average Bonchev–Trinajstić information content (AvgIpc) is 2.89. The fraction of sp³-hybridized carbons (Fsp3) is 0.923. The third-order valence-electron chi connectivity index (χ3n) is 4.89. The minimum absolute atomic E-state index is 0.136. The molecule has 2 aliphatic carbocycles. The quantitative estimate of drug-likeness (QED) is 0.637. The number of hydrogen-bond acceptors (Lipinski definition) is 4. The predicted molar refractivity (Wildman–Crippen MR) is 58.3 cm³/mol. The summed E-state index contributed by atoms with van der Waals surface area (Å²) in [6.45, 7) is 1.80. The van der Waals surface area contributed by atoms with Gasteiger partial charge in [0.2, 0.25) is 0 Å². The van der Waals surface area contributed by atoms with E-state index in [1.165, 1.54) is 19.3 Å². The molecule has 0 unspecified atom stereocenters. The highest BCUT2D eigenvalue weighted by atomic mass is 16.7. The van der Waals surface area contributed by atoms with Crippen LogP contribution in [0.25, 0.3) is 0 Å². The molecular weight excluding hydrogens is 220 g/mol. The van der Waals surface area contributed by atoms with Gasteiger partial charge < -0.3 is 14.2 Å². The number of ketones is 1. The SMILES string of the molecule is C[C@@H]1O[C@H]2O[C@H]3[C@@H]4CC[C@@H](C4)[C@H]3O[C@H]2CC1=O. The number of rotatable bonds is 0. The van der Waals surface area contributed by atoms with E-state index in [9.17, 15) is 4.79 Å². The third kappa shape index (κ3) is 1.44. The zero-order valence-electron chi connectivity index (χ0n) is 10.0. The van der Waals surface area contributed by atoms with Gasteiger partial charge in [-0.3, -0.25) is 4.79 Å². The van der Waals surface area contributed by atoms with E-state index in [4.69, 9.17) is 14.2 Å². The lowest BCUT2D eigenvalue weighted by Gasteiger charge is -2.45. The van der Waals surface area contributed by atoms with E-state index in [0.717, 1.165) is 0 Å². The predicted octanol–water partition coefficient (Wildman–Crippen LogP) is 1.27. The van der Waals surface area contributed by atoms with E-state index in [0.29, 0.717) is 18.3 Å². The zero-order chi connectivity index (χ0) is 11.6. The smallest absolute Gasteiger partial charge is 0.185 e. The van der Waals surface area contributed by atoms with Gasteiger partial charge in [-0.1, -0.05) is 0 Å². The van der Waals surface area contributed by atoms with E-state index in [-0.39, 0.29) is 36.5 Å². The van der Waals surface area contributed by atoms with Crippen molar-refractivity contribution in [2.24, 2.45) is 11.8 Å². The van der Waals surface area contributed by atoms with Crippen molar-refractivity contribution in [1.82, 2.24) is 0 Å². The Balaban J connectivity index is 1.56. The molecule has 0 aromatic heterocycles. The first kappa shape index (κ1) is 10.5.